The fraction of sp³-hybridized carbons (Fsp3) is 0.176. The zero-order valence-corrected chi connectivity index (χ0v) is 16.9. The predicted octanol–water partition coefficient (Wildman–Crippen LogP) is 5.11. The van der Waals surface area contributed by atoms with Crippen molar-refractivity contribution in [1.82, 2.24) is 20.2 Å². The van der Waals surface area contributed by atoms with Crippen LogP contribution in [0.3, 0.4) is 0 Å². The molecule has 0 aliphatic carbocycles. The van der Waals surface area contributed by atoms with E-state index in [1.807, 2.05) is 0 Å². The van der Waals surface area contributed by atoms with Crippen molar-refractivity contribution < 1.29 is 18.0 Å². The van der Waals surface area contributed by atoms with Gasteiger partial charge < -0.3 is 5.32 Å². The molecule has 3 aromatic rings. The number of nitrogens with one attached hydrogen (secondary N) is 1. The third-order valence-corrected chi connectivity index (χ3v) is 5.23. The maximum atomic E-state index is 13.2. The number of amides is 1. The summed E-state index contributed by atoms with van der Waals surface area (Å²) < 4.78 is 41.0. The van der Waals surface area contributed by atoms with Crippen LogP contribution in [-0.2, 0) is 11.0 Å². The summed E-state index contributed by atoms with van der Waals surface area (Å²) in [6.45, 7) is 1.53. The van der Waals surface area contributed by atoms with Crippen molar-refractivity contribution >= 4 is 46.6 Å². The number of benzene rings is 2. The van der Waals surface area contributed by atoms with Crippen molar-refractivity contribution in [3.8, 4) is 5.69 Å². The van der Waals surface area contributed by atoms with Gasteiger partial charge in [0.25, 0.3) is 0 Å². The smallest absolute Gasteiger partial charge is 0.325 e. The van der Waals surface area contributed by atoms with Crippen LogP contribution < -0.4 is 5.32 Å². The summed E-state index contributed by atoms with van der Waals surface area (Å²) in [6, 6.07) is 9.83. The maximum absolute atomic E-state index is 13.2. The molecule has 3 rings (SSSR count). The summed E-state index contributed by atoms with van der Waals surface area (Å²) >= 11 is 12.5. The van der Waals surface area contributed by atoms with E-state index in [2.05, 4.69) is 20.8 Å². The van der Waals surface area contributed by atoms with E-state index in [9.17, 15) is 18.0 Å². The average Bonchev–Trinajstić information content (AvgIpc) is 3.11. The van der Waals surface area contributed by atoms with Gasteiger partial charge in [-0.3, -0.25) is 4.79 Å². The lowest BCUT2D eigenvalue weighted by Crippen LogP contribution is -2.24. The molecule has 1 atom stereocenters. The fourth-order valence-electron chi connectivity index (χ4n) is 2.30. The third kappa shape index (κ3) is 5.20. The number of rotatable bonds is 5. The predicted molar refractivity (Wildman–Crippen MR) is 105 cm³/mol. The molecule has 0 fully saturated rings. The van der Waals surface area contributed by atoms with Crippen molar-refractivity contribution in [2.75, 3.05) is 5.32 Å². The van der Waals surface area contributed by atoms with E-state index in [-0.39, 0.29) is 10.7 Å². The first-order valence-corrected chi connectivity index (χ1v) is 9.67. The largest absolute Gasteiger partial charge is 0.418 e. The van der Waals surface area contributed by atoms with E-state index in [1.165, 1.54) is 17.7 Å². The minimum absolute atomic E-state index is 0.0834. The van der Waals surface area contributed by atoms with Crippen molar-refractivity contribution in [3.05, 3.63) is 58.1 Å². The molecule has 152 valence electrons. The fourth-order valence-corrected chi connectivity index (χ4v) is 3.41. The van der Waals surface area contributed by atoms with Gasteiger partial charge >= 0.3 is 6.18 Å². The Balaban J connectivity index is 1.76. The van der Waals surface area contributed by atoms with Gasteiger partial charge in [0.15, 0.2) is 0 Å². The Labute approximate surface area is 177 Å². The highest BCUT2D eigenvalue weighted by Gasteiger charge is 2.34. The number of halogens is 5. The minimum Gasteiger partial charge on any atom is -0.325 e. The molecule has 0 saturated carbocycles. The highest BCUT2D eigenvalue weighted by atomic mass is 35.5. The Morgan fingerprint density at radius 3 is 2.45 bits per heavy atom. The standard InChI is InChI=1S/C17H12Cl2F3N5OS/c1-9(15(28)23-14-7-4-11(19)8-13(14)17(20,21)22)29-16-24-25-26-27(16)12-5-2-10(18)3-6-12/h2-9H,1H3,(H,23,28). The van der Waals surface area contributed by atoms with Crippen LogP contribution >= 0.6 is 35.0 Å². The summed E-state index contributed by atoms with van der Waals surface area (Å²) in [5.74, 6) is -0.645. The Kier molecular flexibility index (Phi) is 6.35. The second-order valence-corrected chi connectivity index (χ2v) is 7.97. The Bertz CT molecular complexity index is 1030. The zero-order valence-electron chi connectivity index (χ0n) is 14.6. The Morgan fingerprint density at radius 1 is 1.14 bits per heavy atom. The highest BCUT2D eigenvalue weighted by molar-refractivity contribution is 8.00. The molecular formula is C17H12Cl2F3N5OS. The molecule has 0 radical (unpaired) electrons. The molecular weight excluding hydrogens is 450 g/mol. The molecule has 0 aliphatic rings. The molecule has 6 nitrogen and oxygen atoms in total. The first kappa shape index (κ1) is 21.4. The lowest BCUT2D eigenvalue weighted by Gasteiger charge is -2.16. The van der Waals surface area contributed by atoms with Gasteiger partial charge in [0.1, 0.15) is 0 Å². The summed E-state index contributed by atoms with van der Waals surface area (Å²) in [6.07, 6.45) is -4.66. The van der Waals surface area contributed by atoms with Gasteiger partial charge in [-0.25, -0.2) is 0 Å². The Morgan fingerprint density at radius 2 is 1.79 bits per heavy atom. The lowest BCUT2D eigenvalue weighted by atomic mass is 10.1. The van der Waals surface area contributed by atoms with Crippen molar-refractivity contribution in [2.24, 2.45) is 0 Å². The molecule has 1 heterocycles. The molecule has 1 unspecified atom stereocenters. The number of nitrogens with zero attached hydrogens (tertiary/aromatic N) is 4. The number of tetrazole rings is 1. The molecule has 0 saturated heterocycles. The zero-order chi connectivity index (χ0) is 21.2. The lowest BCUT2D eigenvalue weighted by molar-refractivity contribution is -0.137. The molecule has 12 heteroatoms. The van der Waals surface area contributed by atoms with Crippen LogP contribution in [0.2, 0.25) is 10.0 Å². The van der Waals surface area contributed by atoms with Crippen LogP contribution in [0.25, 0.3) is 5.69 Å². The van der Waals surface area contributed by atoms with Crippen LogP contribution in [-0.4, -0.2) is 31.4 Å². The van der Waals surface area contributed by atoms with Crippen LogP contribution in [0.15, 0.2) is 47.6 Å². The number of hydrogen-bond acceptors (Lipinski definition) is 5. The summed E-state index contributed by atoms with van der Waals surface area (Å²) in [4.78, 5) is 12.5. The molecule has 1 N–H and O–H groups in total. The molecule has 0 spiro atoms. The molecule has 29 heavy (non-hydrogen) atoms. The van der Waals surface area contributed by atoms with Crippen LogP contribution in [0.1, 0.15) is 12.5 Å². The summed E-state index contributed by atoms with van der Waals surface area (Å²) in [7, 11) is 0. The molecule has 0 bridgehead atoms. The van der Waals surface area contributed by atoms with Gasteiger partial charge in [0.2, 0.25) is 11.1 Å². The molecule has 1 amide bonds. The molecule has 0 aliphatic heterocycles. The number of thioether (sulfide) groups is 1. The van der Waals surface area contributed by atoms with Crippen molar-refractivity contribution in [2.45, 2.75) is 23.5 Å². The van der Waals surface area contributed by atoms with E-state index < -0.39 is 22.9 Å². The van der Waals surface area contributed by atoms with Gasteiger partial charge in [-0.1, -0.05) is 35.0 Å². The topological polar surface area (TPSA) is 72.7 Å². The number of aromatic nitrogens is 4. The van der Waals surface area contributed by atoms with Crippen molar-refractivity contribution in [1.29, 1.82) is 0 Å². The second-order valence-electron chi connectivity index (χ2n) is 5.79. The summed E-state index contributed by atoms with van der Waals surface area (Å²) in [5, 5.41) is 13.6. The number of carbonyl (C=O) groups is 1. The number of hydrogen-bond donors (Lipinski definition) is 1. The molecule has 1 aromatic heterocycles. The first-order chi connectivity index (χ1) is 13.6. The van der Waals surface area contributed by atoms with Crippen LogP contribution in [0.5, 0.6) is 0 Å². The van der Waals surface area contributed by atoms with Crippen molar-refractivity contribution in [3.63, 3.8) is 0 Å². The van der Waals surface area contributed by atoms with Gasteiger partial charge in [0.05, 0.1) is 22.2 Å². The average molecular weight is 462 g/mol. The monoisotopic (exact) mass is 461 g/mol. The van der Waals surface area contributed by atoms with Gasteiger partial charge in [0, 0.05) is 10.0 Å². The quantitative estimate of drug-likeness (QED) is 0.534. The van der Waals surface area contributed by atoms with Gasteiger partial charge in [-0.15, -0.1) is 5.10 Å². The second kappa shape index (κ2) is 8.60. The molecule has 2 aromatic carbocycles. The van der Waals surface area contributed by atoms with Gasteiger partial charge in [-0.2, -0.15) is 17.9 Å². The Hall–Kier alpha value is -2.30. The SMILES string of the molecule is CC(Sc1nnnn1-c1ccc(Cl)cc1)C(=O)Nc1ccc(Cl)cc1C(F)(F)F. The number of carbonyl (C=O) groups excluding carboxylic acids is 1. The number of alkyl halides is 3. The number of anilines is 1. The highest BCUT2D eigenvalue weighted by Crippen LogP contribution is 2.37. The van der Waals surface area contributed by atoms with E-state index in [1.54, 1.807) is 24.3 Å². The normalized spacial score (nSPS) is 12.6. The first-order valence-electron chi connectivity index (χ1n) is 8.04. The van der Waals surface area contributed by atoms with E-state index in [0.29, 0.717) is 15.9 Å². The van der Waals surface area contributed by atoms with E-state index >= 15 is 0 Å². The van der Waals surface area contributed by atoms with Gasteiger partial charge in [-0.05, 0) is 59.8 Å². The van der Waals surface area contributed by atoms with E-state index in [4.69, 9.17) is 23.2 Å². The van der Waals surface area contributed by atoms with Crippen LogP contribution in [0, 0.1) is 0 Å². The summed E-state index contributed by atoms with van der Waals surface area (Å²) in [5.41, 5.74) is -0.787. The van der Waals surface area contributed by atoms with E-state index in [0.717, 1.165) is 23.9 Å². The maximum Gasteiger partial charge on any atom is 0.418 e. The minimum atomic E-state index is -4.66. The third-order valence-electron chi connectivity index (χ3n) is 3.71. The van der Waals surface area contributed by atoms with Crippen LogP contribution in [0.4, 0.5) is 18.9 Å².